The molecule has 0 fully saturated rings. The monoisotopic (exact) mass is 297 g/mol. The van der Waals surface area contributed by atoms with Gasteiger partial charge in [0.1, 0.15) is 5.76 Å². The van der Waals surface area contributed by atoms with Gasteiger partial charge in [0, 0.05) is 29.4 Å². The first kappa shape index (κ1) is 14.0. The minimum atomic E-state index is -0.0394. The van der Waals surface area contributed by atoms with Crippen molar-refractivity contribution in [3.63, 3.8) is 0 Å². The van der Waals surface area contributed by atoms with Crippen LogP contribution in [0, 0.1) is 0 Å². The van der Waals surface area contributed by atoms with E-state index < -0.39 is 0 Å². The molecule has 0 bridgehead atoms. The Kier molecular flexibility index (Phi) is 4.88. The summed E-state index contributed by atoms with van der Waals surface area (Å²) in [4.78, 5) is 11.7. The summed E-state index contributed by atoms with van der Waals surface area (Å²) in [6.07, 6.45) is 2.58. The van der Waals surface area contributed by atoms with E-state index in [1.165, 1.54) is 0 Å². The summed E-state index contributed by atoms with van der Waals surface area (Å²) in [5.74, 6) is 0.766. The maximum Gasteiger partial charge on any atom is 0.220 e. The first-order valence-corrected chi connectivity index (χ1v) is 6.64. The van der Waals surface area contributed by atoms with Gasteiger partial charge in [-0.25, -0.2) is 0 Å². The van der Waals surface area contributed by atoms with Crippen LogP contribution in [0.2, 0.25) is 10.0 Å². The summed E-state index contributed by atoms with van der Waals surface area (Å²) in [5, 5.41) is 3.95. The van der Waals surface area contributed by atoms with Crippen LogP contribution in [0.1, 0.15) is 17.7 Å². The summed E-state index contributed by atoms with van der Waals surface area (Å²) in [5.41, 5.74) is 0.845. The highest BCUT2D eigenvalue weighted by atomic mass is 35.5. The van der Waals surface area contributed by atoms with Crippen LogP contribution in [0.5, 0.6) is 0 Å². The maximum atomic E-state index is 11.7. The molecule has 0 aliphatic heterocycles. The number of carbonyl (C=O) groups is 1. The molecule has 1 aromatic carbocycles. The third kappa shape index (κ3) is 4.30. The second-order valence-electron chi connectivity index (χ2n) is 4.09. The lowest BCUT2D eigenvalue weighted by atomic mass is 10.2. The Morgan fingerprint density at radius 3 is 2.79 bits per heavy atom. The molecule has 1 heterocycles. The van der Waals surface area contributed by atoms with Crippen LogP contribution in [-0.4, -0.2) is 5.91 Å². The molecule has 3 nitrogen and oxygen atoms in total. The third-order valence-corrected chi connectivity index (χ3v) is 3.26. The molecule has 0 saturated heterocycles. The van der Waals surface area contributed by atoms with Crippen molar-refractivity contribution in [2.75, 3.05) is 0 Å². The Hall–Kier alpha value is -1.45. The molecule has 0 unspecified atom stereocenters. The second-order valence-corrected chi connectivity index (χ2v) is 4.94. The molecule has 1 amide bonds. The first-order valence-electron chi connectivity index (χ1n) is 5.88. The van der Waals surface area contributed by atoms with Crippen LogP contribution in [-0.2, 0) is 17.8 Å². The van der Waals surface area contributed by atoms with Gasteiger partial charge in [0.15, 0.2) is 0 Å². The zero-order valence-electron chi connectivity index (χ0n) is 10.2. The highest BCUT2D eigenvalue weighted by molar-refractivity contribution is 6.35. The molecule has 100 valence electrons. The van der Waals surface area contributed by atoms with E-state index in [-0.39, 0.29) is 5.91 Å². The molecule has 2 aromatic rings. The number of benzene rings is 1. The summed E-state index contributed by atoms with van der Waals surface area (Å²) in [7, 11) is 0. The molecule has 0 aliphatic carbocycles. The lowest BCUT2D eigenvalue weighted by Gasteiger charge is -2.07. The summed E-state index contributed by atoms with van der Waals surface area (Å²) >= 11 is 11.8. The first-order chi connectivity index (χ1) is 9.15. The van der Waals surface area contributed by atoms with Gasteiger partial charge in [-0.1, -0.05) is 29.3 Å². The fourth-order valence-electron chi connectivity index (χ4n) is 1.64. The number of furan rings is 1. The maximum absolute atomic E-state index is 11.7. The van der Waals surface area contributed by atoms with Gasteiger partial charge in [0.2, 0.25) is 5.91 Å². The van der Waals surface area contributed by atoms with E-state index in [0.29, 0.717) is 29.4 Å². The summed E-state index contributed by atoms with van der Waals surface area (Å²) in [6, 6.07) is 8.87. The Bertz CT molecular complexity index is 553. The molecule has 1 N–H and O–H groups in total. The Balaban J connectivity index is 1.80. The van der Waals surface area contributed by atoms with Crippen molar-refractivity contribution in [3.8, 4) is 0 Å². The van der Waals surface area contributed by atoms with Gasteiger partial charge in [-0.2, -0.15) is 0 Å². The Morgan fingerprint density at radius 1 is 1.26 bits per heavy atom. The molecule has 0 radical (unpaired) electrons. The summed E-state index contributed by atoms with van der Waals surface area (Å²) in [6.45, 7) is 0.396. The minimum Gasteiger partial charge on any atom is -0.469 e. The van der Waals surface area contributed by atoms with Gasteiger partial charge in [0.25, 0.3) is 0 Å². The fourth-order valence-corrected chi connectivity index (χ4v) is 2.11. The SMILES string of the molecule is O=C(CCc1ccco1)NCc1ccc(Cl)cc1Cl. The highest BCUT2D eigenvalue weighted by Gasteiger charge is 2.06. The van der Waals surface area contributed by atoms with E-state index in [9.17, 15) is 4.79 Å². The normalized spacial score (nSPS) is 10.4. The van der Waals surface area contributed by atoms with Crippen LogP contribution >= 0.6 is 23.2 Å². The number of hydrogen-bond donors (Lipinski definition) is 1. The molecule has 5 heteroatoms. The van der Waals surface area contributed by atoms with Crippen molar-refractivity contribution in [1.29, 1.82) is 0 Å². The lowest BCUT2D eigenvalue weighted by molar-refractivity contribution is -0.121. The van der Waals surface area contributed by atoms with Gasteiger partial charge in [-0.05, 0) is 29.8 Å². The molecule has 0 saturated carbocycles. The number of nitrogens with one attached hydrogen (secondary N) is 1. The minimum absolute atomic E-state index is 0.0394. The molecular weight excluding hydrogens is 285 g/mol. The van der Waals surface area contributed by atoms with Crippen LogP contribution in [0.3, 0.4) is 0 Å². The van der Waals surface area contributed by atoms with Gasteiger partial charge >= 0.3 is 0 Å². The van der Waals surface area contributed by atoms with Gasteiger partial charge < -0.3 is 9.73 Å². The number of rotatable bonds is 5. The number of carbonyl (C=O) groups excluding carboxylic acids is 1. The molecule has 1 aromatic heterocycles. The van der Waals surface area contributed by atoms with E-state index in [2.05, 4.69) is 5.32 Å². The van der Waals surface area contributed by atoms with E-state index in [0.717, 1.165) is 11.3 Å². The van der Waals surface area contributed by atoms with Crippen LogP contribution in [0.25, 0.3) is 0 Å². The molecule has 19 heavy (non-hydrogen) atoms. The van der Waals surface area contributed by atoms with Crippen molar-refractivity contribution in [2.45, 2.75) is 19.4 Å². The standard InChI is InChI=1S/C14H13Cl2NO2/c15-11-4-3-10(13(16)8-11)9-17-14(18)6-5-12-2-1-7-19-12/h1-4,7-8H,5-6,9H2,(H,17,18). The molecule has 0 aliphatic rings. The lowest BCUT2D eigenvalue weighted by Crippen LogP contribution is -2.23. The summed E-state index contributed by atoms with van der Waals surface area (Å²) < 4.78 is 5.16. The van der Waals surface area contributed by atoms with Crippen LogP contribution < -0.4 is 5.32 Å². The topological polar surface area (TPSA) is 42.2 Å². The molecule has 0 atom stereocenters. The zero-order valence-corrected chi connectivity index (χ0v) is 11.7. The van der Waals surface area contributed by atoms with E-state index in [1.54, 1.807) is 30.5 Å². The molecule has 2 rings (SSSR count). The average molecular weight is 298 g/mol. The van der Waals surface area contributed by atoms with E-state index in [4.69, 9.17) is 27.6 Å². The van der Waals surface area contributed by atoms with Crippen molar-refractivity contribution in [3.05, 3.63) is 58.0 Å². The predicted octanol–water partition coefficient (Wildman–Crippen LogP) is 3.84. The molecule has 0 spiro atoms. The van der Waals surface area contributed by atoms with E-state index in [1.807, 2.05) is 6.07 Å². The smallest absolute Gasteiger partial charge is 0.220 e. The van der Waals surface area contributed by atoms with Crippen molar-refractivity contribution < 1.29 is 9.21 Å². The Morgan fingerprint density at radius 2 is 2.11 bits per heavy atom. The van der Waals surface area contributed by atoms with Crippen molar-refractivity contribution in [2.24, 2.45) is 0 Å². The second kappa shape index (κ2) is 6.64. The quantitative estimate of drug-likeness (QED) is 0.911. The zero-order chi connectivity index (χ0) is 13.7. The molecular formula is C14H13Cl2NO2. The average Bonchev–Trinajstić information content (AvgIpc) is 2.88. The third-order valence-electron chi connectivity index (χ3n) is 2.67. The largest absolute Gasteiger partial charge is 0.469 e. The van der Waals surface area contributed by atoms with Crippen LogP contribution in [0.15, 0.2) is 41.0 Å². The van der Waals surface area contributed by atoms with Crippen molar-refractivity contribution in [1.82, 2.24) is 5.32 Å². The number of halogens is 2. The fraction of sp³-hybridized carbons (Fsp3) is 0.214. The van der Waals surface area contributed by atoms with Gasteiger partial charge in [-0.3, -0.25) is 4.79 Å². The number of aryl methyl sites for hydroxylation is 1. The van der Waals surface area contributed by atoms with E-state index >= 15 is 0 Å². The number of amides is 1. The van der Waals surface area contributed by atoms with Crippen molar-refractivity contribution >= 4 is 29.1 Å². The predicted molar refractivity (Wildman–Crippen MR) is 75.3 cm³/mol. The highest BCUT2D eigenvalue weighted by Crippen LogP contribution is 2.20. The van der Waals surface area contributed by atoms with Crippen LogP contribution in [0.4, 0.5) is 0 Å². The van der Waals surface area contributed by atoms with Gasteiger partial charge in [0.05, 0.1) is 6.26 Å². The number of hydrogen-bond acceptors (Lipinski definition) is 2. The van der Waals surface area contributed by atoms with Gasteiger partial charge in [-0.15, -0.1) is 0 Å². The Labute approximate surface area is 121 Å².